The number of allylic oxidation sites excluding steroid dienone is 3. The third-order valence-electron chi connectivity index (χ3n) is 0.694. The van der Waals surface area contributed by atoms with Crippen LogP contribution in [0.25, 0.3) is 0 Å². The van der Waals surface area contributed by atoms with Crippen LogP contribution in [0.15, 0.2) is 23.8 Å². The second kappa shape index (κ2) is 3.59. The van der Waals surface area contributed by atoms with Crippen molar-refractivity contribution in [2.75, 3.05) is 0 Å². The van der Waals surface area contributed by atoms with Gasteiger partial charge >= 0.3 is 6.18 Å². The standard InChI is InChI=1S/C5HF7/c6-2(1-3(7)8)4(9)5(10,11)12/h1H. The van der Waals surface area contributed by atoms with E-state index in [1.807, 2.05) is 0 Å². The van der Waals surface area contributed by atoms with E-state index in [2.05, 4.69) is 0 Å². The SMILES string of the molecule is FC(F)=CC(F)=C(F)C(F)(F)F. The zero-order valence-electron chi connectivity index (χ0n) is 5.22. The predicted octanol–water partition coefficient (Wildman–Crippen LogP) is 3.48. The topological polar surface area (TPSA) is 0 Å². The Labute approximate surface area is 62.0 Å². The minimum Gasteiger partial charge on any atom is -0.204 e. The average molecular weight is 194 g/mol. The molecule has 0 saturated carbocycles. The maximum atomic E-state index is 11.8. The number of halogens is 7. The summed E-state index contributed by atoms with van der Waals surface area (Å²) in [5, 5.41) is 0. The molecule has 0 fully saturated rings. The van der Waals surface area contributed by atoms with Gasteiger partial charge in [-0.3, -0.25) is 0 Å². The van der Waals surface area contributed by atoms with Crippen molar-refractivity contribution in [1.29, 1.82) is 0 Å². The van der Waals surface area contributed by atoms with Gasteiger partial charge < -0.3 is 0 Å². The molecule has 0 aromatic heterocycles. The molecular formula is C5HF7. The quantitative estimate of drug-likeness (QED) is 0.442. The molecule has 12 heavy (non-hydrogen) atoms. The highest BCUT2D eigenvalue weighted by Gasteiger charge is 2.37. The first kappa shape index (κ1) is 11.0. The lowest BCUT2D eigenvalue weighted by atomic mass is 10.4. The Morgan fingerprint density at radius 2 is 1.33 bits per heavy atom. The van der Waals surface area contributed by atoms with Crippen LogP contribution in [0.2, 0.25) is 0 Å². The van der Waals surface area contributed by atoms with Crippen molar-refractivity contribution in [3.8, 4) is 0 Å². The summed E-state index contributed by atoms with van der Waals surface area (Å²) in [6.45, 7) is 0. The van der Waals surface area contributed by atoms with Gasteiger partial charge in [0.2, 0.25) is 5.83 Å². The van der Waals surface area contributed by atoms with Gasteiger partial charge in [-0.15, -0.1) is 0 Å². The molecule has 0 amide bonds. The molecule has 70 valence electrons. The van der Waals surface area contributed by atoms with E-state index < -0.39 is 30.0 Å². The number of hydrogen-bond acceptors (Lipinski definition) is 0. The van der Waals surface area contributed by atoms with Crippen LogP contribution in [0.3, 0.4) is 0 Å². The van der Waals surface area contributed by atoms with Crippen molar-refractivity contribution in [2.24, 2.45) is 0 Å². The van der Waals surface area contributed by atoms with Crippen LogP contribution >= 0.6 is 0 Å². The Morgan fingerprint density at radius 3 is 1.58 bits per heavy atom. The first-order valence-electron chi connectivity index (χ1n) is 2.40. The second-order valence-corrected chi connectivity index (χ2v) is 1.59. The highest BCUT2D eigenvalue weighted by molar-refractivity contribution is 5.18. The minimum atomic E-state index is -5.57. The minimum absolute atomic E-state index is 0.844. The lowest BCUT2D eigenvalue weighted by Crippen LogP contribution is -2.08. The Balaban J connectivity index is 4.83. The van der Waals surface area contributed by atoms with Gasteiger partial charge in [0, 0.05) is 6.08 Å². The van der Waals surface area contributed by atoms with E-state index in [-0.39, 0.29) is 0 Å². The van der Waals surface area contributed by atoms with Gasteiger partial charge in [-0.05, 0) is 0 Å². The summed E-state index contributed by atoms with van der Waals surface area (Å²) < 4.78 is 79.2. The molecule has 7 heteroatoms. The lowest BCUT2D eigenvalue weighted by molar-refractivity contribution is -0.110. The molecule has 0 aliphatic rings. The molecule has 0 spiro atoms. The summed E-state index contributed by atoms with van der Waals surface area (Å²) in [6.07, 6.45) is -9.16. The first-order chi connectivity index (χ1) is 5.25. The molecule has 0 N–H and O–H groups in total. The van der Waals surface area contributed by atoms with E-state index in [0.717, 1.165) is 0 Å². The van der Waals surface area contributed by atoms with Gasteiger partial charge in [-0.2, -0.15) is 26.3 Å². The maximum Gasteiger partial charge on any atom is 0.445 e. The van der Waals surface area contributed by atoms with E-state index in [1.165, 1.54) is 0 Å². The van der Waals surface area contributed by atoms with Crippen molar-refractivity contribution < 1.29 is 30.7 Å². The molecule has 0 heterocycles. The van der Waals surface area contributed by atoms with Gasteiger partial charge in [0.05, 0.1) is 0 Å². The van der Waals surface area contributed by atoms with Crippen molar-refractivity contribution in [3.05, 3.63) is 23.8 Å². The molecule has 0 nitrogen and oxygen atoms in total. The fourth-order valence-corrected chi connectivity index (χ4v) is 0.295. The average Bonchev–Trinajstić information content (AvgIpc) is 1.82. The fraction of sp³-hybridized carbons (Fsp3) is 0.200. The molecule has 0 bridgehead atoms. The van der Waals surface area contributed by atoms with Crippen LogP contribution in [-0.4, -0.2) is 6.18 Å². The molecule has 0 radical (unpaired) electrons. The normalized spacial score (nSPS) is 13.9. The van der Waals surface area contributed by atoms with Gasteiger partial charge in [0.1, 0.15) is 0 Å². The summed E-state index contributed by atoms with van der Waals surface area (Å²) in [7, 11) is 0. The van der Waals surface area contributed by atoms with Crippen LogP contribution in [0.1, 0.15) is 0 Å². The Bertz CT molecular complexity index is 216. The van der Waals surface area contributed by atoms with Crippen LogP contribution < -0.4 is 0 Å². The predicted molar refractivity (Wildman–Crippen MR) is 25.6 cm³/mol. The molecule has 0 unspecified atom stereocenters. The van der Waals surface area contributed by atoms with Crippen LogP contribution in [0.5, 0.6) is 0 Å². The van der Waals surface area contributed by atoms with E-state index in [0.29, 0.717) is 0 Å². The van der Waals surface area contributed by atoms with Gasteiger partial charge in [0.15, 0.2) is 5.83 Å². The highest BCUT2D eigenvalue weighted by Crippen LogP contribution is 2.30. The summed E-state index contributed by atoms with van der Waals surface area (Å²) >= 11 is 0. The van der Waals surface area contributed by atoms with E-state index >= 15 is 0 Å². The second-order valence-electron chi connectivity index (χ2n) is 1.59. The van der Waals surface area contributed by atoms with Crippen molar-refractivity contribution in [1.82, 2.24) is 0 Å². The Kier molecular flexibility index (Phi) is 3.29. The maximum absolute atomic E-state index is 11.8. The van der Waals surface area contributed by atoms with Gasteiger partial charge in [-0.25, -0.2) is 4.39 Å². The van der Waals surface area contributed by atoms with E-state index in [4.69, 9.17) is 0 Å². The number of hydrogen-bond donors (Lipinski definition) is 0. The smallest absolute Gasteiger partial charge is 0.204 e. The Hall–Kier alpha value is -1.01. The third-order valence-corrected chi connectivity index (χ3v) is 0.694. The monoisotopic (exact) mass is 194 g/mol. The summed E-state index contributed by atoms with van der Waals surface area (Å²) in [4.78, 5) is 0. The summed E-state index contributed by atoms with van der Waals surface area (Å²) in [6, 6.07) is 0. The third kappa shape index (κ3) is 3.40. The lowest BCUT2D eigenvalue weighted by Gasteiger charge is -2.01. The van der Waals surface area contributed by atoms with Crippen molar-refractivity contribution >= 4 is 0 Å². The molecule has 0 aliphatic carbocycles. The van der Waals surface area contributed by atoms with Crippen LogP contribution in [0.4, 0.5) is 30.7 Å². The van der Waals surface area contributed by atoms with E-state index in [1.54, 1.807) is 0 Å². The molecule has 0 aliphatic heterocycles. The Morgan fingerprint density at radius 1 is 0.917 bits per heavy atom. The molecule has 0 aromatic carbocycles. The van der Waals surface area contributed by atoms with Crippen molar-refractivity contribution in [2.45, 2.75) is 6.18 Å². The van der Waals surface area contributed by atoms with Crippen molar-refractivity contribution in [3.63, 3.8) is 0 Å². The van der Waals surface area contributed by atoms with Crippen LogP contribution in [0, 0.1) is 0 Å². The zero-order valence-corrected chi connectivity index (χ0v) is 5.22. The first-order valence-corrected chi connectivity index (χ1v) is 2.40. The summed E-state index contributed by atoms with van der Waals surface area (Å²) in [5.74, 6) is -5.81. The molecule has 0 saturated heterocycles. The highest BCUT2D eigenvalue weighted by atomic mass is 19.4. The number of alkyl halides is 3. The molecule has 0 aromatic rings. The van der Waals surface area contributed by atoms with Crippen LogP contribution in [-0.2, 0) is 0 Å². The molecule has 0 atom stereocenters. The molecule has 0 rings (SSSR count). The zero-order chi connectivity index (χ0) is 9.94. The van der Waals surface area contributed by atoms with Gasteiger partial charge in [0.25, 0.3) is 6.08 Å². The molecular weight excluding hydrogens is 193 g/mol. The van der Waals surface area contributed by atoms with Gasteiger partial charge in [-0.1, -0.05) is 0 Å². The largest absolute Gasteiger partial charge is 0.445 e. The van der Waals surface area contributed by atoms with E-state index in [9.17, 15) is 30.7 Å². The summed E-state index contributed by atoms with van der Waals surface area (Å²) in [5.41, 5.74) is 0. The fourth-order valence-electron chi connectivity index (χ4n) is 0.295. The number of rotatable bonds is 1.